The van der Waals surface area contributed by atoms with Crippen molar-refractivity contribution < 1.29 is 14.7 Å². The van der Waals surface area contributed by atoms with E-state index in [-0.39, 0.29) is 11.8 Å². The summed E-state index contributed by atoms with van der Waals surface area (Å²) in [4.78, 5) is 21.8. The zero-order valence-electron chi connectivity index (χ0n) is 9.04. The summed E-state index contributed by atoms with van der Waals surface area (Å²) >= 11 is 0. The summed E-state index contributed by atoms with van der Waals surface area (Å²) in [7, 11) is 0. The number of hydrogen-bond donors (Lipinski definition) is 2. The molecule has 0 rings (SSSR count). The van der Waals surface area contributed by atoms with Crippen LogP contribution in [0.15, 0.2) is 0 Å². The van der Waals surface area contributed by atoms with E-state index in [9.17, 15) is 9.59 Å². The lowest BCUT2D eigenvalue weighted by atomic mass is 10.1. The van der Waals surface area contributed by atoms with Crippen LogP contribution >= 0.6 is 0 Å². The highest BCUT2D eigenvalue weighted by Gasteiger charge is 2.18. The van der Waals surface area contributed by atoms with Crippen molar-refractivity contribution in [2.75, 3.05) is 0 Å². The van der Waals surface area contributed by atoms with Crippen molar-refractivity contribution in [2.24, 2.45) is 0 Å². The molecule has 4 nitrogen and oxygen atoms in total. The number of carbonyl (C=O) groups is 2. The minimum atomic E-state index is -0.886. The molecule has 14 heavy (non-hydrogen) atoms. The first-order valence-electron chi connectivity index (χ1n) is 4.98. The van der Waals surface area contributed by atoms with Crippen molar-refractivity contribution in [1.29, 1.82) is 0 Å². The summed E-state index contributed by atoms with van der Waals surface area (Å²) in [5.74, 6) is -0.774. The number of ketones is 1. The lowest BCUT2D eigenvalue weighted by Crippen LogP contribution is -2.41. The number of nitrogens with one attached hydrogen (secondary N) is 1. The second kappa shape index (κ2) is 6.54. The molecule has 82 valence electrons. The van der Waals surface area contributed by atoms with Gasteiger partial charge in [-0.1, -0.05) is 20.8 Å². The smallest absolute Gasteiger partial charge is 0.320 e. The van der Waals surface area contributed by atoms with Gasteiger partial charge in [0.25, 0.3) is 0 Å². The molecule has 0 bridgehead atoms. The Kier molecular flexibility index (Phi) is 6.12. The quantitative estimate of drug-likeness (QED) is 0.649. The zero-order valence-corrected chi connectivity index (χ0v) is 9.04. The van der Waals surface area contributed by atoms with Gasteiger partial charge >= 0.3 is 5.97 Å². The summed E-state index contributed by atoms with van der Waals surface area (Å²) in [6.07, 6.45) is 1.20. The van der Waals surface area contributed by atoms with Crippen molar-refractivity contribution in [1.82, 2.24) is 5.32 Å². The topological polar surface area (TPSA) is 66.4 Å². The Hall–Kier alpha value is -0.900. The molecular formula is C10H19NO3. The average Bonchev–Trinajstić information content (AvgIpc) is 2.10. The van der Waals surface area contributed by atoms with Crippen LogP contribution in [0.1, 0.15) is 40.0 Å². The van der Waals surface area contributed by atoms with Gasteiger partial charge in [-0.15, -0.1) is 0 Å². The zero-order chi connectivity index (χ0) is 11.1. The third-order valence-electron chi connectivity index (χ3n) is 1.94. The molecule has 0 aromatic heterocycles. The molecule has 0 aromatic carbocycles. The van der Waals surface area contributed by atoms with Crippen LogP contribution in [-0.4, -0.2) is 28.9 Å². The third-order valence-corrected chi connectivity index (χ3v) is 1.94. The highest BCUT2D eigenvalue weighted by atomic mass is 16.4. The number of hydrogen-bond acceptors (Lipinski definition) is 3. The van der Waals surface area contributed by atoms with Gasteiger partial charge in [0.1, 0.15) is 11.8 Å². The van der Waals surface area contributed by atoms with Gasteiger partial charge in [-0.3, -0.25) is 9.59 Å². The van der Waals surface area contributed by atoms with Crippen LogP contribution < -0.4 is 5.32 Å². The van der Waals surface area contributed by atoms with Crippen LogP contribution in [0, 0.1) is 0 Å². The van der Waals surface area contributed by atoms with Crippen LogP contribution in [0.4, 0.5) is 0 Å². The molecule has 0 amide bonds. The fourth-order valence-corrected chi connectivity index (χ4v) is 1.16. The molecule has 0 aromatic rings. The van der Waals surface area contributed by atoms with E-state index in [1.165, 1.54) is 0 Å². The van der Waals surface area contributed by atoms with Gasteiger partial charge in [-0.2, -0.15) is 0 Å². The van der Waals surface area contributed by atoms with E-state index in [1.807, 2.05) is 13.8 Å². The molecule has 0 saturated heterocycles. The highest BCUT2D eigenvalue weighted by Crippen LogP contribution is 2.02. The first-order chi connectivity index (χ1) is 6.47. The van der Waals surface area contributed by atoms with E-state index in [2.05, 4.69) is 5.32 Å². The van der Waals surface area contributed by atoms with E-state index in [0.717, 1.165) is 0 Å². The van der Waals surface area contributed by atoms with Gasteiger partial charge in [-0.05, 0) is 6.42 Å². The Morgan fingerprint density at radius 3 is 2.29 bits per heavy atom. The summed E-state index contributed by atoms with van der Waals surface area (Å²) in [6, 6.07) is -0.488. The molecule has 0 unspecified atom stereocenters. The average molecular weight is 201 g/mol. The Morgan fingerprint density at radius 1 is 1.36 bits per heavy atom. The molecule has 1 atom stereocenters. The lowest BCUT2D eigenvalue weighted by molar-refractivity contribution is -0.139. The third kappa shape index (κ3) is 5.70. The minimum absolute atomic E-state index is 0.113. The van der Waals surface area contributed by atoms with E-state index >= 15 is 0 Å². The molecule has 0 aliphatic carbocycles. The molecule has 0 heterocycles. The monoisotopic (exact) mass is 201 g/mol. The summed E-state index contributed by atoms with van der Waals surface area (Å²) < 4.78 is 0. The molecule has 0 aliphatic rings. The minimum Gasteiger partial charge on any atom is -0.480 e. The lowest BCUT2D eigenvalue weighted by Gasteiger charge is -2.16. The molecule has 0 saturated carbocycles. The number of carbonyl (C=O) groups excluding carboxylic acids is 1. The van der Waals surface area contributed by atoms with Gasteiger partial charge in [0.05, 0.1) is 0 Å². The van der Waals surface area contributed by atoms with Crippen LogP contribution in [0.5, 0.6) is 0 Å². The van der Waals surface area contributed by atoms with E-state index in [4.69, 9.17) is 5.11 Å². The van der Waals surface area contributed by atoms with Crippen molar-refractivity contribution in [3.8, 4) is 0 Å². The Bertz CT molecular complexity index is 202. The molecule has 2 N–H and O–H groups in total. The van der Waals surface area contributed by atoms with Gasteiger partial charge in [-0.25, -0.2) is 0 Å². The van der Waals surface area contributed by atoms with Gasteiger partial charge in [0, 0.05) is 18.9 Å². The summed E-state index contributed by atoms with van der Waals surface area (Å²) in [6.45, 7) is 5.56. The number of Topliss-reactive ketones (excluding diaryl/α,β-unsaturated/α-hetero) is 1. The van der Waals surface area contributed by atoms with Crippen molar-refractivity contribution in [2.45, 2.75) is 52.1 Å². The first-order valence-corrected chi connectivity index (χ1v) is 4.98. The number of carboxylic acids is 1. The number of rotatable bonds is 7. The van der Waals surface area contributed by atoms with Crippen molar-refractivity contribution >= 4 is 11.8 Å². The fraction of sp³-hybridized carbons (Fsp3) is 0.800. The SMILES string of the molecule is CCC(=O)CC[C@H](NC(C)C)C(=O)O. The second-order valence-electron chi connectivity index (χ2n) is 3.64. The van der Waals surface area contributed by atoms with E-state index in [1.54, 1.807) is 6.92 Å². The highest BCUT2D eigenvalue weighted by molar-refractivity contribution is 5.79. The molecular weight excluding hydrogens is 182 g/mol. The summed E-state index contributed by atoms with van der Waals surface area (Å²) in [5.41, 5.74) is 0. The molecule has 0 aliphatic heterocycles. The van der Waals surface area contributed by atoms with Gasteiger partial charge in [0.15, 0.2) is 0 Å². The molecule has 0 spiro atoms. The molecule has 0 fully saturated rings. The van der Waals surface area contributed by atoms with Gasteiger partial charge in [0.2, 0.25) is 0 Å². The summed E-state index contributed by atoms with van der Waals surface area (Å²) in [5, 5.41) is 11.7. The standard InChI is InChI=1S/C10H19NO3/c1-4-8(12)5-6-9(10(13)14)11-7(2)3/h7,9,11H,4-6H2,1-3H3,(H,13,14)/t9-/m0/s1. The van der Waals surface area contributed by atoms with Crippen LogP contribution in [-0.2, 0) is 9.59 Å². The van der Waals surface area contributed by atoms with E-state index < -0.39 is 12.0 Å². The van der Waals surface area contributed by atoms with Crippen LogP contribution in [0.2, 0.25) is 0 Å². The van der Waals surface area contributed by atoms with Crippen molar-refractivity contribution in [3.63, 3.8) is 0 Å². The van der Waals surface area contributed by atoms with Crippen LogP contribution in [0.25, 0.3) is 0 Å². The van der Waals surface area contributed by atoms with E-state index in [0.29, 0.717) is 19.3 Å². The largest absolute Gasteiger partial charge is 0.480 e. The maximum absolute atomic E-state index is 11.0. The maximum Gasteiger partial charge on any atom is 0.320 e. The molecule has 4 heteroatoms. The maximum atomic E-state index is 11.0. The van der Waals surface area contributed by atoms with Crippen molar-refractivity contribution in [3.05, 3.63) is 0 Å². The predicted octanol–water partition coefficient (Wildman–Crippen LogP) is 1.20. The predicted molar refractivity (Wildman–Crippen MR) is 54.2 cm³/mol. The molecule has 0 radical (unpaired) electrons. The fourth-order valence-electron chi connectivity index (χ4n) is 1.16. The second-order valence-corrected chi connectivity index (χ2v) is 3.64. The first kappa shape index (κ1) is 13.1. The Balaban J connectivity index is 3.97. The number of aliphatic carboxylic acids is 1. The number of carboxylic acid groups (broad SMARTS) is 1. The van der Waals surface area contributed by atoms with Crippen LogP contribution in [0.3, 0.4) is 0 Å². The van der Waals surface area contributed by atoms with Gasteiger partial charge < -0.3 is 10.4 Å². The Labute approximate surface area is 84.7 Å². The normalized spacial score (nSPS) is 12.9. The Morgan fingerprint density at radius 2 is 1.93 bits per heavy atom.